The molecular formula is C22H22Cl2N2O3. The van der Waals surface area contributed by atoms with E-state index in [-0.39, 0.29) is 17.3 Å². The molecule has 1 N–H and O–H groups in total. The van der Waals surface area contributed by atoms with Gasteiger partial charge in [-0.1, -0.05) is 42.3 Å². The van der Waals surface area contributed by atoms with Gasteiger partial charge >= 0.3 is 0 Å². The van der Waals surface area contributed by atoms with Crippen molar-refractivity contribution < 1.29 is 14.3 Å². The Kier molecular flexibility index (Phi) is 6.50. The van der Waals surface area contributed by atoms with Crippen molar-refractivity contribution in [3.05, 3.63) is 63.8 Å². The van der Waals surface area contributed by atoms with Crippen molar-refractivity contribution in [1.29, 1.82) is 0 Å². The van der Waals surface area contributed by atoms with Gasteiger partial charge in [-0.05, 0) is 44.5 Å². The Labute approximate surface area is 180 Å². The predicted molar refractivity (Wildman–Crippen MR) is 116 cm³/mol. The van der Waals surface area contributed by atoms with Gasteiger partial charge in [0.15, 0.2) is 0 Å². The highest BCUT2D eigenvalue weighted by molar-refractivity contribution is 6.41. The number of hydrogen-bond donors (Lipinski definition) is 1. The highest BCUT2D eigenvalue weighted by Gasteiger charge is 2.41. The second-order valence-corrected chi connectivity index (χ2v) is 7.79. The second kappa shape index (κ2) is 8.89. The Balaban J connectivity index is 2.06. The van der Waals surface area contributed by atoms with E-state index in [1.165, 1.54) is 4.90 Å². The first-order valence-electron chi connectivity index (χ1n) is 9.41. The number of hydrogen-bond acceptors (Lipinski definition) is 4. The number of carbonyl (C=O) groups is 2. The Morgan fingerprint density at radius 3 is 2.48 bits per heavy atom. The molecule has 0 radical (unpaired) electrons. The third kappa shape index (κ3) is 4.41. The van der Waals surface area contributed by atoms with E-state index in [0.717, 1.165) is 6.42 Å². The van der Waals surface area contributed by atoms with Gasteiger partial charge in [0.1, 0.15) is 11.4 Å². The molecule has 2 aromatic carbocycles. The number of amides is 2. The van der Waals surface area contributed by atoms with Crippen LogP contribution in [0.5, 0.6) is 5.75 Å². The molecule has 2 aromatic rings. The van der Waals surface area contributed by atoms with E-state index in [1.807, 2.05) is 25.1 Å². The SMILES string of the molecule is CCCOc1cccc(NC2=C(c3ccc(Cl)cc3Cl)C(=O)N(C(C)C)C2=O)c1. The maximum absolute atomic E-state index is 13.1. The molecule has 3 rings (SSSR count). The van der Waals surface area contributed by atoms with Crippen LogP contribution in [0.4, 0.5) is 5.69 Å². The summed E-state index contributed by atoms with van der Waals surface area (Å²) >= 11 is 12.4. The fourth-order valence-corrected chi connectivity index (χ4v) is 3.60. The van der Waals surface area contributed by atoms with Crippen molar-refractivity contribution >= 4 is 46.3 Å². The highest BCUT2D eigenvalue weighted by Crippen LogP contribution is 2.36. The summed E-state index contributed by atoms with van der Waals surface area (Å²) in [7, 11) is 0. The topological polar surface area (TPSA) is 58.6 Å². The molecule has 0 saturated heterocycles. The quantitative estimate of drug-likeness (QED) is 0.596. The number of nitrogens with zero attached hydrogens (tertiary/aromatic N) is 1. The van der Waals surface area contributed by atoms with Gasteiger partial charge in [0.2, 0.25) is 0 Å². The number of halogens is 2. The summed E-state index contributed by atoms with van der Waals surface area (Å²) in [5, 5.41) is 3.86. The van der Waals surface area contributed by atoms with Gasteiger partial charge in [-0.25, -0.2) is 0 Å². The predicted octanol–water partition coefficient (Wildman–Crippen LogP) is 5.38. The van der Waals surface area contributed by atoms with Crippen molar-refractivity contribution in [3.63, 3.8) is 0 Å². The standard InChI is InChI=1S/C22H22Cl2N2O3/c1-4-10-29-16-7-5-6-15(12-16)25-20-19(17-9-8-14(23)11-18(17)24)21(27)26(13(2)3)22(20)28/h5-9,11-13,25H,4,10H2,1-3H3. The van der Waals surface area contributed by atoms with Crippen LogP contribution in [0.3, 0.4) is 0 Å². The number of anilines is 1. The number of imide groups is 1. The number of benzene rings is 2. The lowest BCUT2D eigenvalue weighted by atomic mass is 10.0. The Bertz CT molecular complexity index is 986. The second-order valence-electron chi connectivity index (χ2n) is 6.95. The molecule has 0 bridgehead atoms. The Morgan fingerprint density at radius 1 is 1.07 bits per heavy atom. The largest absolute Gasteiger partial charge is 0.494 e. The molecule has 0 unspecified atom stereocenters. The first kappa shape index (κ1) is 21.2. The number of carbonyl (C=O) groups excluding carboxylic acids is 2. The van der Waals surface area contributed by atoms with Gasteiger partial charge < -0.3 is 10.1 Å². The zero-order chi connectivity index (χ0) is 21.1. The van der Waals surface area contributed by atoms with Crippen LogP contribution in [0, 0.1) is 0 Å². The molecule has 0 aliphatic carbocycles. The van der Waals surface area contributed by atoms with E-state index in [9.17, 15) is 9.59 Å². The monoisotopic (exact) mass is 432 g/mol. The van der Waals surface area contributed by atoms with E-state index in [4.69, 9.17) is 27.9 Å². The summed E-state index contributed by atoms with van der Waals surface area (Å²) in [6.45, 7) is 6.20. The third-order valence-electron chi connectivity index (χ3n) is 4.41. The molecule has 7 heteroatoms. The van der Waals surface area contributed by atoms with Crippen molar-refractivity contribution in [1.82, 2.24) is 4.90 Å². The summed E-state index contributed by atoms with van der Waals surface area (Å²) in [5.41, 5.74) is 1.51. The van der Waals surface area contributed by atoms with Gasteiger partial charge in [-0.15, -0.1) is 0 Å². The van der Waals surface area contributed by atoms with Crippen LogP contribution < -0.4 is 10.1 Å². The summed E-state index contributed by atoms with van der Waals surface area (Å²) in [5.74, 6) is -0.109. The van der Waals surface area contributed by atoms with E-state index in [1.54, 1.807) is 38.1 Å². The highest BCUT2D eigenvalue weighted by atomic mass is 35.5. The van der Waals surface area contributed by atoms with Crippen molar-refractivity contribution in [2.45, 2.75) is 33.2 Å². The van der Waals surface area contributed by atoms with Crippen LogP contribution >= 0.6 is 23.2 Å². The molecule has 1 aliphatic heterocycles. The zero-order valence-electron chi connectivity index (χ0n) is 16.5. The van der Waals surface area contributed by atoms with Crippen LogP contribution in [0.25, 0.3) is 5.57 Å². The van der Waals surface area contributed by atoms with Crippen molar-refractivity contribution in [3.8, 4) is 5.75 Å². The molecule has 0 saturated carbocycles. The van der Waals surface area contributed by atoms with Crippen molar-refractivity contribution in [2.24, 2.45) is 0 Å². The number of rotatable bonds is 7. The first-order chi connectivity index (χ1) is 13.8. The van der Waals surface area contributed by atoms with Crippen LogP contribution in [0.15, 0.2) is 48.2 Å². The molecular weight excluding hydrogens is 411 g/mol. The maximum atomic E-state index is 13.1. The fourth-order valence-electron chi connectivity index (χ4n) is 3.10. The molecule has 152 valence electrons. The lowest BCUT2D eigenvalue weighted by Gasteiger charge is -2.19. The van der Waals surface area contributed by atoms with Gasteiger partial charge in [0, 0.05) is 28.4 Å². The molecule has 0 aromatic heterocycles. The molecule has 0 spiro atoms. The molecule has 0 fully saturated rings. The van der Waals surface area contributed by atoms with E-state index in [0.29, 0.717) is 33.7 Å². The van der Waals surface area contributed by atoms with Crippen LogP contribution in [-0.2, 0) is 9.59 Å². The van der Waals surface area contributed by atoms with Crippen LogP contribution in [0.2, 0.25) is 10.0 Å². The van der Waals surface area contributed by atoms with E-state index in [2.05, 4.69) is 5.32 Å². The molecule has 0 atom stereocenters. The molecule has 1 aliphatic rings. The van der Waals surface area contributed by atoms with Gasteiger partial charge in [-0.3, -0.25) is 14.5 Å². The van der Waals surface area contributed by atoms with Crippen molar-refractivity contribution in [2.75, 3.05) is 11.9 Å². The van der Waals surface area contributed by atoms with E-state index >= 15 is 0 Å². The molecule has 1 heterocycles. The van der Waals surface area contributed by atoms with E-state index < -0.39 is 11.8 Å². The summed E-state index contributed by atoms with van der Waals surface area (Å²) in [6, 6.07) is 11.8. The molecule has 2 amide bonds. The lowest BCUT2D eigenvalue weighted by molar-refractivity contribution is -0.138. The maximum Gasteiger partial charge on any atom is 0.278 e. The minimum absolute atomic E-state index is 0.181. The molecule has 5 nitrogen and oxygen atoms in total. The molecule has 29 heavy (non-hydrogen) atoms. The summed E-state index contributed by atoms with van der Waals surface area (Å²) < 4.78 is 5.66. The van der Waals surface area contributed by atoms with Crippen LogP contribution in [-0.4, -0.2) is 29.4 Å². The Morgan fingerprint density at radius 2 is 1.83 bits per heavy atom. The number of nitrogens with one attached hydrogen (secondary N) is 1. The van der Waals surface area contributed by atoms with Gasteiger partial charge in [-0.2, -0.15) is 0 Å². The number of ether oxygens (including phenoxy) is 1. The van der Waals surface area contributed by atoms with Gasteiger partial charge in [0.25, 0.3) is 11.8 Å². The average molecular weight is 433 g/mol. The summed E-state index contributed by atoms with van der Waals surface area (Å²) in [4.78, 5) is 27.4. The Hall–Kier alpha value is -2.50. The average Bonchev–Trinajstić information content (AvgIpc) is 2.90. The fraction of sp³-hybridized carbons (Fsp3) is 0.273. The third-order valence-corrected chi connectivity index (χ3v) is 4.96. The first-order valence-corrected chi connectivity index (χ1v) is 10.2. The normalized spacial score (nSPS) is 14.2. The minimum atomic E-state index is -0.397. The van der Waals surface area contributed by atoms with Crippen LogP contribution in [0.1, 0.15) is 32.8 Å². The van der Waals surface area contributed by atoms with Gasteiger partial charge in [0.05, 0.1) is 17.2 Å². The summed E-state index contributed by atoms with van der Waals surface area (Å²) in [6.07, 6.45) is 0.887. The smallest absolute Gasteiger partial charge is 0.278 e. The lowest BCUT2D eigenvalue weighted by Crippen LogP contribution is -2.38. The zero-order valence-corrected chi connectivity index (χ0v) is 18.0. The minimum Gasteiger partial charge on any atom is -0.494 e.